The minimum Gasteiger partial charge on any atom is -0.481 e. The van der Waals surface area contributed by atoms with Gasteiger partial charge < -0.3 is 5.11 Å². The monoisotopic (exact) mass is 208 g/mol. The lowest BCUT2D eigenvalue weighted by molar-refractivity contribution is -0.139. The van der Waals surface area contributed by atoms with Crippen LogP contribution in [0.1, 0.15) is 36.9 Å². The molecule has 0 amide bonds. The fraction of sp³-hybridized carbons (Fsp3) is 0.636. The van der Waals surface area contributed by atoms with Crippen molar-refractivity contribution < 1.29 is 9.90 Å². The average molecular weight is 208 g/mol. The fourth-order valence-corrected chi connectivity index (χ4v) is 2.55. The Balaban J connectivity index is 2.33. The summed E-state index contributed by atoms with van der Waals surface area (Å²) < 4.78 is 1.77. The van der Waals surface area contributed by atoms with Crippen LogP contribution in [0, 0.1) is 6.92 Å². The van der Waals surface area contributed by atoms with E-state index in [1.54, 1.807) is 4.68 Å². The van der Waals surface area contributed by atoms with Crippen LogP contribution in [0.25, 0.3) is 0 Å². The Morgan fingerprint density at radius 3 is 2.67 bits per heavy atom. The van der Waals surface area contributed by atoms with Gasteiger partial charge in [0.2, 0.25) is 0 Å². The molecule has 1 aromatic heterocycles. The van der Waals surface area contributed by atoms with Gasteiger partial charge in [-0.2, -0.15) is 5.10 Å². The number of aromatic nitrogens is 2. The summed E-state index contributed by atoms with van der Waals surface area (Å²) in [6.07, 6.45) is 5.29. The van der Waals surface area contributed by atoms with Gasteiger partial charge in [0.15, 0.2) is 0 Å². The highest BCUT2D eigenvalue weighted by Crippen LogP contribution is 2.47. The summed E-state index contributed by atoms with van der Waals surface area (Å²) in [6.45, 7) is 1.96. The molecule has 0 bridgehead atoms. The number of carboxylic acids is 1. The van der Waals surface area contributed by atoms with Gasteiger partial charge in [0, 0.05) is 18.7 Å². The Kier molecular flexibility index (Phi) is 2.29. The molecule has 1 fully saturated rings. The minimum absolute atomic E-state index is 0.135. The standard InChI is InChI=1S/C11H16N2O2/c1-8-9(7-13(2)12-8)11(4-3-5-11)6-10(14)15/h7H,3-6H2,1-2H3,(H,14,15). The summed E-state index contributed by atoms with van der Waals surface area (Å²) in [6, 6.07) is 0. The molecule has 0 saturated heterocycles. The van der Waals surface area contributed by atoms with E-state index >= 15 is 0 Å². The smallest absolute Gasteiger partial charge is 0.304 e. The van der Waals surface area contributed by atoms with Gasteiger partial charge in [0.1, 0.15) is 0 Å². The zero-order chi connectivity index (χ0) is 11.1. The van der Waals surface area contributed by atoms with Gasteiger partial charge in [-0.3, -0.25) is 9.48 Å². The third kappa shape index (κ3) is 1.64. The quantitative estimate of drug-likeness (QED) is 0.821. The maximum absolute atomic E-state index is 10.9. The number of hydrogen-bond acceptors (Lipinski definition) is 2. The molecule has 1 heterocycles. The molecule has 1 aliphatic carbocycles. The van der Waals surface area contributed by atoms with Gasteiger partial charge in [-0.1, -0.05) is 6.42 Å². The van der Waals surface area contributed by atoms with Gasteiger partial charge in [0.25, 0.3) is 0 Å². The van der Waals surface area contributed by atoms with Crippen LogP contribution < -0.4 is 0 Å². The molecule has 15 heavy (non-hydrogen) atoms. The highest BCUT2D eigenvalue weighted by molar-refractivity contribution is 5.69. The molecule has 0 spiro atoms. The molecule has 1 aliphatic rings. The van der Waals surface area contributed by atoms with E-state index in [9.17, 15) is 4.79 Å². The van der Waals surface area contributed by atoms with Crippen LogP contribution in [0.3, 0.4) is 0 Å². The third-order valence-corrected chi connectivity index (χ3v) is 3.39. The Morgan fingerprint density at radius 1 is 1.67 bits per heavy atom. The van der Waals surface area contributed by atoms with Crippen LogP contribution in [0.2, 0.25) is 0 Å². The normalized spacial score (nSPS) is 18.5. The lowest BCUT2D eigenvalue weighted by Crippen LogP contribution is -2.36. The molecule has 0 aromatic carbocycles. The average Bonchev–Trinajstić information content (AvgIpc) is 2.38. The molecule has 0 radical (unpaired) electrons. The van der Waals surface area contributed by atoms with Crippen molar-refractivity contribution >= 4 is 5.97 Å². The molecule has 2 rings (SSSR count). The number of nitrogens with zero attached hydrogens (tertiary/aromatic N) is 2. The second-order valence-corrected chi connectivity index (χ2v) is 4.51. The van der Waals surface area contributed by atoms with Crippen molar-refractivity contribution in [3.8, 4) is 0 Å². The van der Waals surface area contributed by atoms with Crippen LogP contribution >= 0.6 is 0 Å². The van der Waals surface area contributed by atoms with Gasteiger partial charge in [-0.15, -0.1) is 0 Å². The van der Waals surface area contributed by atoms with Crippen LogP contribution in [-0.2, 0) is 17.3 Å². The van der Waals surface area contributed by atoms with E-state index < -0.39 is 5.97 Å². The van der Waals surface area contributed by atoms with Crippen molar-refractivity contribution in [3.63, 3.8) is 0 Å². The summed E-state index contributed by atoms with van der Waals surface area (Å²) in [5.74, 6) is -0.710. The van der Waals surface area contributed by atoms with E-state index in [1.807, 2.05) is 20.2 Å². The molecule has 4 nitrogen and oxygen atoms in total. The molecule has 0 atom stereocenters. The highest BCUT2D eigenvalue weighted by atomic mass is 16.4. The van der Waals surface area contributed by atoms with E-state index in [1.165, 1.54) is 0 Å². The first-order valence-corrected chi connectivity index (χ1v) is 5.26. The topological polar surface area (TPSA) is 55.1 Å². The van der Waals surface area contributed by atoms with Crippen molar-refractivity contribution in [1.82, 2.24) is 9.78 Å². The van der Waals surface area contributed by atoms with E-state index in [0.717, 1.165) is 30.5 Å². The van der Waals surface area contributed by atoms with Gasteiger partial charge in [-0.05, 0) is 25.3 Å². The first kappa shape index (κ1) is 10.2. The predicted molar refractivity (Wildman–Crippen MR) is 55.7 cm³/mol. The maximum atomic E-state index is 10.9. The largest absolute Gasteiger partial charge is 0.481 e. The summed E-state index contributed by atoms with van der Waals surface area (Å²) in [5.41, 5.74) is 1.96. The number of carboxylic acid groups (broad SMARTS) is 1. The van der Waals surface area contributed by atoms with Crippen molar-refractivity contribution in [1.29, 1.82) is 0 Å². The number of aliphatic carboxylic acids is 1. The summed E-state index contributed by atoms with van der Waals surface area (Å²) in [4.78, 5) is 10.9. The third-order valence-electron chi connectivity index (χ3n) is 3.39. The Hall–Kier alpha value is -1.32. The molecule has 0 unspecified atom stereocenters. The summed E-state index contributed by atoms with van der Waals surface area (Å²) in [5, 5.41) is 13.2. The van der Waals surface area contributed by atoms with Crippen LogP contribution in [0.15, 0.2) is 6.20 Å². The van der Waals surface area contributed by atoms with Gasteiger partial charge in [-0.25, -0.2) is 0 Å². The van der Waals surface area contributed by atoms with E-state index in [-0.39, 0.29) is 11.8 Å². The summed E-state index contributed by atoms with van der Waals surface area (Å²) >= 11 is 0. The zero-order valence-electron chi connectivity index (χ0n) is 9.16. The van der Waals surface area contributed by atoms with Crippen molar-refractivity contribution in [2.75, 3.05) is 0 Å². The van der Waals surface area contributed by atoms with E-state index in [2.05, 4.69) is 5.10 Å². The van der Waals surface area contributed by atoms with E-state index in [0.29, 0.717) is 0 Å². The fourth-order valence-electron chi connectivity index (χ4n) is 2.55. The Morgan fingerprint density at radius 2 is 2.33 bits per heavy atom. The second kappa shape index (κ2) is 3.36. The maximum Gasteiger partial charge on any atom is 0.304 e. The molecular weight excluding hydrogens is 192 g/mol. The predicted octanol–water partition coefficient (Wildman–Crippen LogP) is 1.62. The molecule has 0 aliphatic heterocycles. The van der Waals surface area contributed by atoms with Crippen LogP contribution in [0.4, 0.5) is 0 Å². The first-order valence-electron chi connectivity index (χ1n) is 5.26. The minimum atomic E-state index is -0.710. The van der Waals surface area contributed by atoms with Crippen LogP contribution in [0.5, 0.6) is 0 Å². The Bertz CT molecular complexity index is 391. The number of aryl methyl sites for hydroxylation is 2. The molecule has 4 heteroatoms. The first-order chi connectivity index (χ1) is 7.03. The molecular formula is C11H16N2O2. The SMILES string of the molecule is Cc1nn(C)cc1C1(CC(=O)O)CCC1. The molecule has 1 N–H and O–H groups in total. The van der Waals surface area contributed by atoms with Gasteiger partial charge in [0.05, 0.1) is 12.1 Å². The molecule has 82 valence electrons. The molecule has 1 saturated carbocycles. The Labute approximate surface area is 88.9 Å². The second-order valence-electron chi connectivity index (χ2n) is 4.51. The summed E-state index contributed by atoms with van der Waals surface area (Å²) in [7, 11) is 1.88. The number of carbonyl (C=O) groups is 1. The molecule has 1 aromatic rings. The van der Waals surface area contributed by atoms with Gasteiger partial charge >= 0.3 is 5.97 Å². The zero-order valence-corrected chi connectivity index (χ0v) is 9.16. The number of hydrogen-bond donors (Lipinski definition) is 1. The number of rotatable bonds is 3. The van der Waals surface area contributed by atoms with E-state index in [4.69, 9.17) is 5.11 Å². The lowest BCUT2D eigenvalue weighted by Gasteiger charge is -2.40. The lowest BCUT2D eigenvalue weighted by atomic mass is 9.62. The van der Waals surface area contributed by atoms with Crippen molar-refractivity contribution in [2.24, 2.45) is 7.05 Å². The van der Waals surface area contributed by atoms with Crippen LogP contribution in [-0.4, -0.2) is 20.9 Å². The van der Waals surface area contributed by atoms with Crippen molar-refractivity contribution in [3.05, 3.63) is 17.5 Å². The van der Waals surface area contributed by atoms with Crippen molar-refractivity contribution in [2.45, 2.75) is 38.0 Å². The highest BCUT2D eigenvalue weighted by Gasteiger charge is 2.42.